The number of rotatable bonds is 3. The van der Waals surface area contributed by atoms with E-state index in [1.165, 1.54) is 0 Å². The van der Waals surface area contributed by atoms with Gasteiger partial charge < -0.3 is 10.5 Å². The second-order valence-corrected chi connectivity index (χ2v) is 7.51. The van der Waals surface area contributed by atoms with Crippen LogP contribution in [0, 0.1) is 0 Å². The lowest BCUT2D eigenvalue weighted by Crippen LogP contribution is -2.59. The Hall–Kier alpha value is -0.170. The van der Waals surface area contributed by atoms with Crippen LogP contribution in [0.4, 0.5) is 0 Å². The average molecular weight is 262 g/mol. The molecule has 1 atom stereocenters. The maximum Gasteiger partial charge on any atom is 0.150 e. The molecule has 100 valence electrons. The third-order valence-corrected chi connectivity index (χ3v) is 5.99. The molecule has 0 bridgehead atoms. The summed E-state index contributed by atoms with van der Waals surface area (Å²) in [6.45, 7) is 2.06. The number of hydrogen-bond acceptors (Lipinski definition) is 5. The van der Waals surface area contributed by atoms with E-state index in [1.54, 1.807) is 0 Å². The normalized spacial score (nSPS) is 31.8. The van der Waals surface area contributed by atoms with Crippen molar-refractivity contribution in [1.82, 2.24) is 4.90 Å². The average Bonchev–Trinajstić information content (AvgIpc) is 2.82. The molecule has 17 heavy (non-hydrogen) atoms. The maximum absolute atomic E-state index is 11.5. The van der Waals surface area contributed by atoms with Gasteiger partial charge in [0.2, 0.25) is 0 Å². The Morgan fingerprint density at radius 2 is 2.06 bits per heavy atom. The van der Waals surface area contributed by atoms with Crippen molar-refractivity contribution in [3.8, 4) is 0 Å². The van der Waals surface area contributed by atoms with Gasteiger partial charge in [-0.3, -0.25) is 4.90 Å². The van der Waals surface area contributed by atoms with Gasteiger partial charge in [-0.15, -0.1) is 0 Å². The fourth-order valence-corrected chi connectivity index (χ4v) is 4.42. The Morgan fingerprint density at radius 1 is 1.41 bits per heavy atom. The van der Waals surface area contributed by atoms with Gasteiger partial charge in [0.05, 0.1) is 18.1 Å². The van der Waals surface area contributed by atoms with E-state index in [4.69, 9.17) is 10.5 Å². The van der Waals surface area contributed by atoms with Crippen LogP contribution in [0.5, 0.6) is 0 Å². The Bertz CT molecular complexity index is 349. The first-order chi connectivity index (χ1) is 7.99. The van der Waals surface area contributed by atoms with Crippen molar-refractivity contribution in [2.45, 2.75) is 30.8 Å². The number of hydrogen-bond donors (Lipinski definition) is 1. The van der Waals surface area contributed by atoms with Crippen molar-refractivity contribution in [2.24, 2.45) is 5.73 Å². The molecule has 0 saturated carbocycles. The lowest BCUT2D eigenvalue weighted by molar-refractivity contribution is 0.0579. The van der Waals surface area contributed by atoms with Crippen molar-refractivity contribution in [1.29, 1.82) is 0 Å². The van der Waals surface area contributed by atoms with Crippen LogP contribution in [-0.4, -0.2) is 63.2 Å². The molecular weight excluding hydrogens is 240 g/mol. The highest BCUT2D eigenvalue weighted by molar-refractivity contribution is 7.91. The third kappa shape index (κ3) is 2.65. The molecule has 2 aliphatic rings. The van der Waals surface area contributed by atoms with E-state index in [0.29, 0.717) is 25.4 Å². The van der Waals surface area contributed by atoms with Gasteiger partial charge in [0, 0.05) is 24.7 Å². The fourth-order valence-electron chi connectivity index (χ4n) is 2.83. The van der Waals surface area contributed by atoms with Crippen LogP contribution in [0.15, 0.2) is 0 Å². The van der Waals surface area contributed by atoms with Crippen molar-refractivity contribution < 1.29 is 13.2 Å². The van der Waals surface area contributed by atoms with Gasteiger partial charge in [-0.25, -0.2) is 8.42 Å². The van der Waals surface area contributed by atoms with E-state index in [9.17, 15) is 8.42 Å². The second-order valence-electron chi connectivity index (χ2n) is 5.21. The topological polar surface area (TPSA) is 72.6 Å². The number of likely N-dealkylation sites (N-methyl/N-ethyl adjacent to an activating group) is 1. The van der Waals surface area contributed by atoms with E-state index in [0.717, 1.165) is 19.6 Å². The zero-order valence-electron chi connectivity index (χ0n) is 10.4. The van der Waals surface area contributed by atoms with Crippen molar-refractivity contribution >= 4 is 9.84 Å². The Balaban J connectivity index is 2.09. The molecule has 2 N–H and O–H groups in total. The van der Waals surface area contributed by atoms with Crippen LogP contribution in [0.25, 0.3) is 0 Å². The maximum atomic E-state index is 11.5. The molecule has 0 aromatic carbocycles. The molecule has 2 heterocycles. The molecule has 2 aliphatic heterocycles. The van der Waals surface area contributed by atoms with Gasteiger partial charge in [0.1, 0.15) is 9.84 Å². The van der Waals surface area contributed by atoms with E-state index in [-0.39, 0.29) is 17.0 Å². The molecular formula is C11H22N2O3S. The third-order valence-electron chi connectivity index (χ3n) is 4.34. The predicted octanol–water partition coefficient (Wildman–Crippen LogP) is -0.387. The largest absolute Gasteiger partial charge is 0.380 e. The lowest BCUT2D eigenvalue weighted by Gasteiger charge is -2.46. The molecule has 0 amide bonds. The SMILES string of the molecule is CN(C1CCOC1)C1(CN)CCS(=O)(=O)CC1. The van der Waals surface area contributed by atoms with Crippen LogP contribution < -0.4 is 5.73 Å². The smallest absolute Gasteiger partial charge is 0.150 e. The van der Waals surface area contributed by atoms with Crippen LogP contribution in [-0.2, 0) is 14.6 Å². The number of nitrogens with zero attached hydrogens (tertiary/aromatic N) is 1. The molecule has 0 aromatic rings. The minimum Gasteiger partial charge on any atom is -0.380 e. The highest BCUT2D eigenvalue weighted by atomic mass is 32.2. The predicted molar refractivity (Wildman–Crippen MR) is 66.7 cm³/mol. The quantitative estimate of drug-likeness (QED) is 0.750. The minimum atomic E-state index is -2.83. The van der Waals surface area contributed by atoms with Gasteiger partial charge in [0.25, 0.3) is 0 Å². The number of nitrogens with two attached hydrogens (primary N) is 1. The second kappa shape index (κ2) is 4.84. The zero-order chi connectivity index (χ0) is 12.5. The summed E-state index contributed by atoms with van der Waals surface area (Å²) in [5.74, 6) is 0.532. The standard InChI is InChI=1S/C11H22N2O3S/c1-13(10-2-5-16-8-10)11(9-12)3-6-17(14,15)7-4-11/h10H,2-9,12H2,1H3. The van der Waals surface area contributed by atoms with Crippen LogP contribution in [0.2, 0.25) is 0 Å². The summed E-state index contributed by atoms with van der Waals surface area (Å²) in [5, 5.41) is 0. The molecule has 2 fully saturated rings. The molecule has 0 aliphatic carbocycles. The summed E-state index contributed by atoms with van der Waals surface area (Å²) in [4.78, 5) is 2.27. The highest BCUT2D eigenvalue weighted by Crippen LogP contribution is 2.31. The molecule has 2 rings (SSSR count). The van der Waals surface area contributed by atoms with Gasteiger partial charge in [-0.2, -0.15) is 0 Å². The van der Waals surface area contributed by atoms with Crippen LogP contribution >= 0.6 is 0 Å². The number of sulfone groups is 1. The van der Waals surface area contributed by atoms with Crippen LogP contribution in [0.1, 0.15) is 19.3 Å². The summed E-state index contributed by atoms with van der Waals surface area (Å²) in [6, 6.07) is 0.388. The molecule has 6 heteroatoms. The Kier molecular flexibility index (Phi) is 3.77. The first-order valence-electron chi connectivity index (χ1n) is 6.20. The van der Waals surface area contributed by atoms with E-state index in [1.807, 2.05) is 0 Å². The van der Waals surface area contributed by atoms with E-state index in [2.05, 4.69) is 11.9 Å². The molecule has 0 radical (unpaired) electrons. The van der Waals surface area contributed by atoms with Gasteiger partial charge >= 0.3 is 0 Å². The van der Waals surface area contributed by atoms with Crippen molar-refractivity contribution in [3.63, 3.8) is 0 Å². The van der Waals surface area contributed by atoms with Gasteiger partial charge in [-0.05, 0) is 26.3 Å². The summed E-state index contributed by atoms with van der Waals surface area (Å²) in [5.41, 5.74) is 5.77. The fraction of sp³-hybridized carbons (Fsp3) is 1.00. The minimum absolute atomic E-state index is 0.149. The van der Waals surface area contributed by atoms with E-state index >= 15 is 0 Å². The van der Waals surface area contributed by atoms with E-state index < -0.39 is 9.84 Å². The van der Waals surface area contributed by atoms with Crippen molar-refractivity contribution in [2.75, 3.05) is 38.3 Å². The summed E-state index contributed by atoms with van der Waals surface area (Å²) in [6.07, 6.45) is 2.32. The first-order valence-corrected chi connectivity index (χ1v) is 8.02. The van der Waals surface area contributed by atoms with Crippen molar-refractivity contribution in [3.05, 3.63) is 0 Å². The molecule has 0 aromatic heterocycles. The highest BCUT2D eigenvalue weighted by Gasteiger charge is 2.42. The number of ether oxygens (including phenoxy) is 1. The zero-order valence-corrected chi connectivity index (χ0v) is 11.2. The van der Waals surface area contributed by atoms with Gasteiger partial charge in [0.15, 0.2) is 0 Å². The Morgan fingerprint density at radius 3 is 2.53 bits per heavy atom. The molecule has 1 unspecified atom stereocenters. The molecule has 2 saturated heterocycles. The summed E-state index contributed by atoms with van der Waals surface area (Å²) >= 11 is 0. The first kappa shape index (κ1) is 13.3. The van der Waals surface area contributed by atoms with Gasteiger partial charge in [-0.1, -0.05) is 0 Å². The summed E-state index contributed by atoms with van der Waals surface area (Å²) < 4.78 is 28.4. The molecule has 5 nitrogen and oxygen atoms in total. The Labute approximate surface area is 103 Å². The van der Waals surface area contributed by atoms with Crippen LogP contribution in [0.3, 0.4) is 0 Å². The summed E-state index contributed by atoms with van der Waals surface area (Å²) in [7, 11) is -0.775. The molecule has 0 spiro atoms. The lowest BCUT2D eigenvalue weighted by atomic mass is 9.89. The monoisotopic (exact) mass is 262 g/mol.